The van der Waals surface area contributed by atoms with E-state index in [2.05, 4.69) is 10.3 Å². The van der Waals surface area contributed by atoms with Crippen LogP contribution in [0.2, 0.25) is 5.02 Å². The van der Waals surface area contributed by atoms with E-state index < -0.39 is 23.1 Å². The predicted molar refractivity (Wildman–Crippen MR) is 124 cm³/mol. The topological polar surface area (TPSA) is 115 Å². The Morgan fingerprint density at radius 1 is 1.06 bits per heavy atom. The standard InChI is InChI=1S/C23H19ClN4O5/c1-3-33-22(31)13-4-8-15(9-5-13)25-20(29)17-12-27(2)19-18(17)26-23(32)28(21(19)30)16-10-6-14(24)7-11-16/h4-12H,3H2,1-2H3,(H,25,29)(H,26,32). The molecule has 9 nitrogen and oxygen atoms in total. The zero-order chi connectivity index (χ0) is 23.7. The van der Waals surface area contributed by atoms with Gasteiger partial charge in [0.1, 0.15) is 5.52 Å². The van der Waals surface area contributed by atoms with Crippen LogP contribution >= 0.6 is 11.6 Å². The van der Waals surface area contributed by atoms with E-state index >= 15 is 0 Å². The van der Waals surface area contributed by atoms with Gasteiger partial charge in [-0.3, -0.25) is 9.59 Å². The molecule has 10 heteroatoms. The third-order valence-electron chi connectivity index (χ3n) is 5.01. The highest BCUT2D eigenvalue weighted by Crippen LogP contribution is 2.18. The number of fused-ring (bicyclic) bond motifs is 1. The van der Waals surface area contributed by atoms with Crippen molar-refractivity contribution in [3.05, 3.63) is 91.7 Å². The number of hydrogen-bond donors (Lipinski definition) is 2. The van der Waals surface area contributed by atoms with Gasteiger partial charge in [-0.05, 0) is 55.5 Å². The lowest BCUT2D eigenvalue weighted by Crippen LogP contribution is -2.34. The molecule has 2 heterocycles. The minimum Gasteiger partial charge on any atom is -0.462 e. The Labute approximate surface area is 192 Å². The van der Waals surface area contributed by atoms with Gasteiger partial charge >= 0.3 is 11.7 Å². The lowest BCUT2D eigenvalue weighted by molar-refractivity contribution is 0.0526. The summed E-state index contributed by atoms with van der Waals surface area (Å²) in [6, 6.07) is 12.4. The van der Waals surface area contributed by atoms with Crippen LogP contribution in [0.15, 0.2) is 64.3 Å². The first-order chi connectivity index (χ1) is 15.8. The van der Waals surface area contributed by atoms with Crippen molar-refractivity contribution in [2.24, 2.45) is 7.05 Å². The average Bonchev–Trinajstić information content (AvgIpc) is 3.12. The number of aromatic amines is 1. The van der Waals surface area contributed by atoms with Gasteiger partial charge in [-0.2, -0.15) is 0 Å². The molecule has 4 rings (SSSR count). The highest BCUT2D eigenvalue weighted by atomic mass is 35.5. The molecular weight excluding hydrogens is 448 g/mol. The number of halogens is 1. The predicted octanol–water partition coefficient (Wildman–Crippen LogP) is 3.10. The molecule has 33 heavy (non-hydrogen) atoms. The number of amides is 1. The highest BCUT2D eigenvalue weighted by molar-refractivity contribution is 6.30. The molecule has 0 aliphatic carbocycles. The number of carbonyl (C=O) groups excluding carboxylic acids is 2. The van der Waals surface area contributed by atoms with Crippen molar-refractivity contribution in [2.75, 3.05) is 11.9 Å². The van der Waals surface area contributed by atoms with Gasteiger partial charge in [0.15, 0.2) is 0 Å². The summed E-state index contributed by atoms with van der Waals surface area (Å²) in [6.45, 7) is 1.97. The molecule has 0 aliphatic rings. The zero-order valence-electron chi connectivity index (χ0n) is 17.7. The number of rotatable bonds is 5. The lowest BCUT2D eigenvalue weighted by Gasteiger charge is -2.07. The van der Waals surface area contributed by atoms with E-state index in [-0.39, 0.29) is 23.2 Å². The number of anilines is 1. The molecule has 2 aromatic carbocycles. The second kappa shape index (κ2) is 8.79. The molecule has 4 aromatic rings. The van der Waals surface area contributed by atoms with Gasteiger partial charge in [0.25, 0.3) is 11.5 Å². The Hall–Kier alpha value is -4.11. The molecule has 0 radical (unpaired) electrons. The second-order valence-corrected chi connectivity index (χ2v) is 7.61. The van der Waals surface area contributed by atoms with Crippen LogP contribution < -0.4 is 16.6 Å². The summed E-state index contributed by atoms with van der Waals surface area (Å²) in [7, 11) is 1.61. The number of aromatic nitrogens is 3. The van der Waals surface area contributed by atoms with Gasteiger partial charge in [-0.15, -0.1) is 0 Å². The maximum atomic E-state index is 13.1. The molecule has 0 saturated heterocycles. The number of aryl methyl sites for hydroxylation is 1. The Bertz CT molecular complexity index is 1480. The quantitative estimate of drug-likeness (QED) is 0.438. The van der Waals surface area contributed by atoms with Gasteiger partial charge in [0.2, 0.25) is 0 Å². The summed E-state index contributed by atoms with van der Waals surface area (Å²) in [4.78, 5) is 53.2. The monoisotopic (exact) mass is 466 g/mol. The number of benzene rings is 2. The van der Waals surface area contributed by atoms with E-state index in [1.807, 2.05) is 0 Å². The third-order valence-corrected chi connectivity index (χ3v) is 5.26. The molecule has 1 amide bonds. The van der Waals surface area contributed by atoms with Crippen molar-refractivity contribution < 1.29 is 14.3 Å². The number of hydrogen-bond acceptors (Lipinski definition) is 5. The minimum absolute atomic E-state index is 0.123. The van der Waals surface area contributed by atoms with Gasteiger partial charge in [0, 0.05) is 24.0 Å². The Kier molecular flexibility index (Phi) is 5.89. The van der Waals surface area contributed by atoms with Crippen molar-refractivity contribution in [1.82, 2.24) is 14.1 Å². The zero-order valence-corrected chi connectivity index (χ0v) is 18.5. The van der Waals surface area contributed by atoms with Crippen LogP contribution in [-0.4, -0.2) is 32.6 Å². The van der Waals surface area contributed by atoms with Crippen LogP contribution in [0, 0.1) is 0 Å². The maximum Gasteiger partial charge on any atom is 0.338 e. The van der Waals surface area contributed by atoms with Crippen LogP contribution in [0.3, 0.4) is 0 Å². The van der Waals surface area contributed by atoms with Crippen LogP contribution in [0.5, 0.6) is 0 Å². The van der Waals surface area contributed by atoms with Crippen molar-refractivity contribution in [1.29, 1.82) is 0 Å². The van der Waals surface area contributed by atoms with E-state index in [0.29, 0.717) is 22.0 Å². The van der Waals surface area contributed by atoms with Gasteiger partial charge in [-0.1, -0.05) is 11.6 Å². The fourth-order valence-corrected chi connectivity index (χ4v) is 3.60. The van der Waals surface area contributed by atoms with Crippen LogP contribution in [0.1, 0.15) is 27.6 Å². The van der Waals surface area contributed by atoms with Crippen LogP contribution in [0.4, 0.5) is 5.69 Å². The normalized spacial score (nSPS) is 10.9. The highest BCUT2D eigenvalue weighted by Gasteiger charge is 2.20. The summed E-state index contributed by atoms with van der Waals surface area (Å²) in [5.41, 5.74) is 0.283. The smallest absolute Gasteiger partial charge is 0.338 e. The van der Waals surface area contributed by atoms with E-state index in [4.69, 9.17) is 16.3 Å². The lowest BCUT2D eigenvalue weighted by atomic mass is 10.2. The summed E-state index contributed by atoms with van der Waals surface area (Å²) >= 11 is 5.90. The number of carbonyl (C=O) groups is 2. The molecular formula is C23H19ClN4O5. The maximum absolute atomic E-state index is 13.1. The average molecular weight is 467 g/mol. The number of esters is 1. The van der Waals surface area contributed by atoms with E-state index in [1.54, 1.807) is 50.4 Å². The Morgan fingerprint density at radius 3 is 2.36 bits per heavy atom. The third kappa shape index (κ3) is 4.18. The molecule has 0 atom stereocenters. The van der Waals surface area contributed by atoms with Crippen molar-refractivity contribution in [3.8, 4) is 5.69 Å². The molecule has 0 aliphatic heterocycles. The molecule has 2 aromatic heterocycles. The number of ether oxygens (including phenoxy) is 1. The van der Waals surface area contributed by atoms with Crippen LogP contribution in [-0.2, 0) is 11.8 Å². The van der Waals surface area contributed by atoms with E-state index in [0.717, 1.165) is 4.57 Å². The second-order valence-electron chi connectivity index (χ2n) is 7.18. The first kappa shape index (κ1) is 22.1. The fourth-order valence-electron chi connectivity index (χ4n) is 3.47. The largest absolute Gasteiger partial charge is 0.462 e. The number of nitrogens with one attached hydrogen (secondary N) is 2. The van der Waals surface area contributed by atoms with Crippen molar-refractivity contribution in [2.45, 2.75) is 6.92 Å². The Balaban J connectivity index is 1.70. The summed E-state index contributed by atoms with van der Waals surface area (Å²) < 4.78 is 7.40. The van der Waals surface area contributed by atoms with Gasteiger partial charge in [0.05, 0.1) is 28.9 Å². The number of nitrogens with zero attached hydrogens (tertiary/aromatic N) is 2. The van der Waals surface area contributed by atoms with Gasteiger partial charge < -0.3 is 19.6 Å². The minimum atomic E-state index is -0.686. The molecule has 0 saturated carbocycles. The number of H-pyrrole nitrogens is 1. The molecule has 0 spiro atoms. The van der Waals surface area contributed by atoms with E-state index in [1.165, 1.54) is 22.9 Å². The molecule has 0 bridgehead atoms. The van der Waals surface area contributed by atoms with Gasteiger partial charge in [-0.25, -0.2) is 14.2 Å². The first-order valence-electron chi connectivity index (χ1n) is 9.99. The SMILES string of the molecule is CCOC(=O)c1ccc(NC(=O)c2cn(C)c3c(=O)n(-c4ccc(Cl)cc4)c(=O)[nH]c23)cc1. The van der Waals surface area contributed by atoms with Crippen LogP contribution in [0.25, 0.3) is 16.7 Å². The molecule has 168 valence electrons. The summed E-state index contributed by atoms with van der Waals surface area (Å²) in [6.07, 6.45) is 1.47. The molecule has 2 N–H and O–H groups in total. The summed E-state index contributed by atoms with van der Waals surface area (Å²) in [5, 5.41) is 3.17. The first-order valence-corrected chi connectivity index (χ1v) is 10.4. The van der Waals surface area contributed by atoms with Crippen molar-refractivity contribution in [3.63, 3.8) is 0 Å². The summed E-state index contributed by atoms with van der Waals surface area (Å²) in [5.74, 6) is -0.984. The molecule has 0 fully saturated rings. The Morgan fingerprint density at radius 2 is 1.73 bits per heavy atom. The fraction of sp³-hybridized carbons (Fsp3) is 0.130. The van der Waals surface area contributed by atoms with E-state index in [9.17, 15) is 19.2 Å². The molecule has 0 unspecified atom stereocenters. The van der Waals surface area contributed by atoms with Crippen molar-refractivity contribution >= 4 is 40.2 Å².